The van der Waals surface area contributed by atoms with Crippen LogP contribution in [0.25, 0.3) is 11.2 Å². The minimum Gasteiger partial charge on any atom is -0.385 e. The second-order valence-corrected chi connectivity index (χ2v) is 13.4. The predicted molar refractivity (Wildman–Crippen MR) is 143 cm³/mol. The van der Waals surface area contributed by atoms with E-state index in [2.05, 4.69) is 30.9 Å². The molecule has 13 nitrogen and oxygen atoms in total. The van der Waals surface area contributed by atoms with Gasteiger partial charge < -0.3 is 20.3 Å². The van der Waals surface area contributed by atoms with Crippen molar-refractivity contribution in [2.45, 2.75) is 44.9 Å². The molecular weight excluding hydrogens is 625 g/mol. The second kappa shape index (κ2) is 9.96. The Bertz CT molecular complexity index is 1430. The average Bonchev–Trinajstić information content (AvgIpc) is 3.48. The van der Waals surface area contributed by atoms with Gasteiger partial charge in [-0.15, -0.1) is 16.3 Å². The first kappa shape index (κ1) is 26.9. The highest BCUT2D eigenvalue weighted by Crippen LogP contribution is 2.71. The number of nitrogens with zero attached hydrogens (tertiary/aromatic N) is 3. The largest absolute Gasteiger partial charge is 0.570 e. The fourth-order valence-electron chi connectivity index (χ4n) is 5.02. The van der Waals surface area contributed by atoms with E-state index in [1.165, 1.54) is 11.8 Å². The Hall–Kier alpha value is -1.30. The average molecular weight is 649 g/mol. The number of benzene rings is 1. The number of nitrogens with one attached hydrogen (secondary N) is 1. The highest BCUT2D eigenvalue weighted by molar-refractivity contribution is 9.09. The number of halogens is 1. The van der Waals surface area contributed by atoms with Crippen molar-refractivity contribution in [3.8, 4) is 0 Å². The Kier molecular flexibility index (Phi) is 7.05. The lowest BCUT2D eigenvalue weighted by atomic mass is 9.70. The summed E-state index contributed by atoms with van der Waals surface area (Å²) in [6.45, 7) is 1.15. The Morgan fingerprint density at radius 2 is 2.03 bits per heavy atom. The molecule has 3 saturated heterocycles. The molecule has 1 aromatic carbocycles. The minimum absolute atomic E-state index is 0.0293. The molecular formula is C21H24BrN5O8PS2+. The van der Waals surface area contributed by atoms with Crippen LogP contribution < -0.4 is 11.3 Å². The molecule has 0 amide bonds. The summed E-state index contributed by atoms with van der Waals surface area (Å²) < 4.78 is 23.7. The van der Waals surface area contributed by atoms with Crippen LogP contribution in [-0.2, 0) is 24.2 Å². The van der Waals surface area contributed by atoms with Crippen LogP contribution in [0.3, 0.4) is 0 Å². The Morgan fingerprint density at radius 3 is 2.76 bits per heavy atom. The molecule has 0 radical (unpaired) electrons. The number of aromatic amines is 1. The molecule has 38 heavy (non-hydrogen) atoms. The number of nitrogen functional groups attached to an aromatic ring is 1. The highest BCUT2D eigenvalue weighted by Gasteiger charge is 2.84. The summed E-state index contributed by atoms with van der Waals surface area (Å²) in [4.78, 5) is 45.9. The van der Waals surface area contributed by atoms with Gasteiger partial charge in [0.15, 0.2) is 27.6 Å². The molecule has 4 unspecified atom stereocenters. The molecule has 1 saturated carbocycles. The van der Waals surface area contributed by atoms with Gasteiger partial charge in [0.05, 0.1) is 13.2 Å². The zero-order chi connectivity index (χ0) is 26.7. The summed E-state index contributed by atoms with van der Waals surface area (Å²) in [5, 5.41) is 12.5. The van der Waals surface area contributed by atoms with Crippen molar-refractivity contribution in [2.75, 3.05) is 36.6 Å². The molecule has 17 heteroatoms. The monoisotopic (exact) mass is 648 g/mol. The Balaban J connectivity index is 1.32. The highest BCUT2D eigenvalue weighted by atomic mass is 79.9. The first-order valence-electron chi connectivity index (χ1n) is 11.6. The number of rotatable bonds is 9. The van der Waals surface area contributed by atoms with E-state index in [0.29, 0.717) is 18.4 Å². The number of H-pyrrole nitrogens is 1. The quantitative estimate of drug-likeness (QED) is 0.0975. The number of aliphatic hydroxyl groups excluding tert-OH is 1. The zero-order valence-electron chi connectivity index (χ0n) is 19.7. The number of aliphatic hydroxyl groups is 1. The third kappa shape index (κ3) is 4.39. The summed E-state index contributed by atoms with van der Waals surface area (Å²) in [5.74, 6) is 0.704. The lowest BCUT2D eigenvalue weighted by Crippen LogP contribution is -2.68. The Morgan fingerprint density at radius 1 is 1.26 bits per heavy atom. The maximum atomic E-state index is 12.7. The summed E-state index contributed by atoms with van der Waals surface area (Å²) in [5.41, 5.74) is 2.68. The molecule has 3 aliphatic heterocycles. The maximum Gasteiger partial charge on any atom is 0.570 e. The lowest BCUT2D eigenvalue weighted by Gasteiger charge is -2.49. The van der Waals surface area contributed by atoms with Crippen LogP contribution in [0.5, 0.6) is 0 Å². The van der Waals surface area contributed by atoms with Gasteiger partial charge in [0, 0.05) is 27.3 Å². The van der Waals surface area contributed by atoms with E-state index >= 15 is 0 Å². The summed E-state index contributed by atoms with van der Waals surface area (Å²) in [6.07, 6.45) is -2.01. The topological polar surface area (TPSA) is 187 Å². The minimum atomic E-state index is -4.10. The number of aromatic nitrogens is 4. The molecule has 1 spiro atoms. The molecule has 1 aliphatic carbocycles. The third-order valence-corrected chi connectivity index (χ3v) is 9.96. The van der Waals surface area contributed by atoms with Crippen LogP contribution in [0.2, 0.25) is 0 Å². The van der Waals surface area contributed by atoms with Gasteiger partial charge in [0.2, 0.25) is 5.95 Å². The predicted octanol–water partition coefficient (Wildman–Crippen LogP) is 1.62. The number of ether oxygens (including phenoxy) is 2. The van der Waals surface area contributed by atoms with E-state index in [-0.39, 0.29) is 30.1 Å². The van der Waals surface area contributed by atoms with Gasteiger partial charge in [-0.05, 0) is 24.3 Å². The number of alkyl halides is 1. The number of anilines is 1. The molecule has 6 N–H and O–H groups in total. The Labute approximate surface area is 233 Å². The van der Waals surface area contributed by atoms with Crippen molar-refractivity contribution in [2.24, 2.45) is 0 Å². The smallest absolute Gasteiger partial charge is 0.385 e. The van der Waals surface area contributed by atoms with Gasteiger partial charge in [-0.1, -0.05) is 27.7 Å². The standard InChI is InChI=1S/C21H23BrN5O8PS2/c22-5-6-32-7-8-37-11-1-3-12(4-2-11)38-19-24-14-15(25-18(23)26-16(14)28)27(19)21-10-20(17(21)29)13(34-21)9-33-36(30,31)35-20/h1-4,13,17,29-31H,5-10H2,(H2-,23,25,26,28)/p+1. The number of hydrogen-bond donors (Lipinski definition) is 5. The van der Waals surface area contributed by atoms with Crippen molar-refractivity contribution >= 4 is 64.7 Å². The SMILES string of the molecule is Nc1nc2c(nc(Sc3ccc(SCCOCCBr)cc3)n2C23CC4(O[P+](O)(O)OCC4O2)C3O)c(=O)[nH]1. The molecule has 7 rings (SSSR count). The third-order valence-electron chi connectivity index (χ3n) is 6.63. The normalized spacial score (nSPS) is 29.4. The van der Waals surface area contributed by atoms with Crippen LogP contribution >= 0.6 is 47.6 Å². The van der Waals surface area contributed by atoms with E-state index in [4.69, 9.17) is 24.3 Å². The molecule has 204 valence electrons. The maximum absolute atomic E-state index is 12.7. The molecule has 4 atom stereocenters. The molecule has 4 fully saturated rings. The van der Waals surface area contributed by atoms with Crippen molar-refractivity contribution < 1.29 is 33.4 Å². The number of nitrogens with two attached hydrogens (primary N) is 1. The first-order chi connectivity index (χ1) is 18.2. The van der Waals surface area contributed by atoms with Gasteiger partial charge in [0.25, 0.3) is 5.56 Å². The van der Waals surface area contributed by atoms with Crippen LogP contribution in [-0.4, -0.2) is 83.1 Å². The van der Waals surface area contributed by atoms with E-state index in [1.54, 1.807) is 16.3 Å². The fraction of sp³-hybridized carbons (Fsp3) is 0.476. The molecule has 3 aromatic rings. The van der Waals surface area contributed by atoms with E-state index < -0.39 is 37.3 Å². The lowest BCUT2D eigenvalue weighted by molar-refractivity contribution is -0.219. The molecule has 5 heterocycles. The molecule has 2 bridgehead atoms. The van der Waals surface area contributed by atoms with Gasteiger partial charge in [0.1, 0.15) is 18.8 Å². The van der Waals surface area contributed by atoms with Crippen LogP contribution in [0.1, 0.15) is 6.42 Å². The zero-order valence-corrected chi connectivity index (χ0v) is 23.8. The first-order valence-corrected chi connectivity index (χ1v) is 16.0. The van der Waals surface area contributed by atoms with E-state index in [0.717, 1.165) is 20.9 Å². The van der Waals surface area contributed by atoms with Crippen LogP contribution in [0.15, 0.2) is 44.0 Å². The van der Waals surface area contributed by atoms with E-state index in [1.807, 2.05) is 24.3 Å². The van der Waals surface area contributed by atoms with Crippen LogP contribution in [0.4, 0.5) is 5.95 Å². The van der Waals surface area contributed by atoms with Crippen molar-refractivity contribution in [1.82, 2.24) is 19.5 Å². The summed E-state index contributed by atoms with van der Waals surface area (Å²) in [7, 11) is -4.10. The van der Waals surface area contributed by atoms with Gasteiger partial charge in [-0.2, -0.15) is 19.3 Å². The number of thioether (sulfide) groups is 1. The van der Waals surface area contributed by atoms with Gasteiger partial charge in [-0.3, -0.25) is 14.3 Å². The molecule has 2 aromatic heterocycles. The van der Waals surface area contributed by atoms with Crippen molar-refractivity contribution in [3.63, 3.8) is 0 Å². The summed E-state index contributed by atoms with van der Waals surface area (Å²) in [6, 6.07) is 7.83. The fourth-order valence-corrected chi connectivity index (χ4v) is 8.08. The number of fused-ring (bicyclic) bond motifs is 1. The van der Waals surface area contributed by atoms with Crippen molar-refractivity contribution in [3.05, 3.63) is 34.6 Å². The van der Waals surface area contributed by atoms with Crippen LogP contribution in [0, 0.1) is 0 Å². The summed E-state index contributed by atoms with van der Waals surface area (Å²) >= 11 is 6.27. The second-order valence-electron chi connectivity index (χ2n) is 8.94. The van der Waals surface area contributed by atoms with E-state index in [9.17, 15) is 19.7 Å². The number of hydrogen-bond acceptors (Lipinski definition) is 13. The van der Waals surface area contributed by atoms with Gasteiger partial charge in [-0.25, -0.2) is 4.98 Å². The van der Waals surface area contributed by atoms with Crippen molar-refractivity contribution in [1.29, 1.82) is 0 Å². The number of imidazole rings is 1. The van der Waals surface area contributed by atoms with Gasteiger partial charge >= 0.3 is 8.17 Å². The molecule has 4 aliphatic rings.